The van der Waals surface area contributed by atoms with Gasteiger partial charge in [0.15, 0.2) is 17.8 Å². The number of carbonyl (C=O) groups is 1. The molecule has 2 saturated carbocycles. The lowest BCUT2D eigenvalue weighted by molar-refractivity contribution is -0.114. The summed E-state index contributed by atoms with van der Waals surface area (Å²) in [5, 5.41) is 11.7. The van der Waals surface area contributed by atoms with E-state index in [0.29, 0.717) is 18.3 Å². The van der Waals surface area contributed by atoms with Crippen LogP contribution in [0.2, 0.25) is 0 Å². The van der Waals surface area contributed by atoms with E-state index in [1.165, 1.54) is 28.7 Å². The molecule has 0 unspecified atom stereocenters. The Balaban J connectivity index is 1.56. The van der Waals surface area contributed by atoms with Gasteiger partial charge in [-0.1, -0.05) is 24.5 Å². The van der Waals surface area contributed by atoms with Crippen LogP contribution in [0.5, 0.6) is 0 Å². The zero-order valence-electron chi connectivity index (χ0n) is 18.8. The third-order valence-corrected chi connectivity index (χ3v) is 8.98. The summed E-state index contributed by atoms with van der Waals surface area (Å²) in [5.41, 5.74) is 5.89. The van der Waals surface area contributed by atoms with Crippen molar-refractivity contribution in [3.63, 3.8) is 0 Å². The number of allylic oxidation sites excluding steroid dienone is 4. The van der Waals surface area contributed by atoms with E-state index in [1.807, 2.05) is 19.1 Å². The minimum absolute atomic E-state index is 0.192. The Morgan fingerprint density at radius 2 is 2.09 bits per heavy atom. The second-order valence-electron chi connectivity index (χ2n) is 10.3. The molecule has 1 N–H and O–H groups in total. The van der Waals surface area contributed by atoms with Crippen LogP contribution >= 0.6 is 0 Å². The molecule has 0 bridgehead atoms. The summed E-state index contributed by atoms with van der Waals surface area (Å²) in [4.78, 5) is 16.6. The molecule has 4 aliphatic carbocycles. The van der Waals surface area contributed by atoms with Crippen molar-refractivity contribution in [2.75, 3.05) is 0 Å². The maximum Gasteiger partial charge on any atom is 0.181 e. The number of fused-ring (bicyclic) bond motifs is 5. The van der Waals surface area contributed by atoms with Gasteiger partial charge in [-0.3, -0.25) is 4.79 Å². The lowest BCUT2D eigenvalue weighted by Gasteiger charge is -2.53. The Morgan fingerprint density at radius 1 is 1.22 bits per heavy atom. The molecule has 0 spiro atoms. The number of hydrogen-bond acceptors (Lipinski definition) is 4. The van der Waals surface area contributed by atoms with Crippen molar-refractivity contribution in [1.82, 2.24) is 4.98 Å². The van der Waals surface area contributed by atoms with Crippen LogP contribution < -0.4 is 0 Å². The van der Waals surface area contributed by atoms with Gasteiger partial charge in [-0.05, 0) is 92.2 Å². The summed E-state index contributed by atoms with van der Waals surface area (Å²) in [6.07, 6.45) is 9.49. The highest BCUT2D eigenvalue weighted by molar-refractivity contribution is 5.93. The maximum absolute atomic E-state index is 12.2. The molecule has 32 heavy (non-hydrogen) atoms. The van der Waals surface area contributed by atoms with Crippen LogP contribution in [-0.4, -0.2) is 21.5 Å². The lowest BCUT2D eigenvalue weighted by Crippen LogP contribution is -2.51. The molecule has 0 aliphatic heterocycles. The van der Waals surface area contributed by atoms with Crippen LogP contribution in [0.1, 0.15) is 70.3 Å². The highest BCUT2D eigenvalue weighted by Gasteiger charge is 2.62. The smallest absolute Gasteiger partial charge is 0.181 e. The third-order valence-electron chi connectivity index (χ3n) is 8.98. The summed E-state index contributed by atoms with van der Waals surface area (Å²) in [5.74, 6) is 7.55. The highest BCUT2D eigenvalue weighted by atomic mass is 16.3. The van der Waals surface area contributed by atoms with Crippen LogP contribution in [0.25, 0.3) is 11.1 Å². The van der Waals surface area contributed by atoms with Crippen molar-refractivity contribution >= 4 is 16.9 Å². The molecule has 0 amide bonds. The lowest BCUT2D eigenvalue weighted by atomic mass is 9.51. The van der Waals surface area contributed by atoms with Gasteiger partial charge in [0.25, 0.3) is 0 Å². The molecule has 2 fully saturated rings. The van der Waals surface area contributed by atoms with Gasteiger partial charge in [-0.2, -0.15) is 0 Å². The fourth-order valence-electron chi connectivity index (χ4n) is 7.47. The molecule has 1 aromatic heterocycles. The van der Waals surface area contributed by atoms with Gasteiger partial charge >= 0.3 is 0 Å². The summed E-state index contributed by atoms with van der Waals surface area (Å²) >= 11 is 0. The second kappa shape index (κ2) is 6.93. The van der Waals surface area contributed by atoms with Crippen molar-refractivity contribution in [3.8, 4) is 11.8 Å². The average molecular weight is 428 g/mol. The van der Waals surface area contributed by atoms with Gasteiger partial charge in [-0.25, -0.2) is 4.98 Å². The molecular formula is C28H29NO3. The second-order valence-corrected chi connectivity index (χ2v) is 10.3. The Morgan fingerprint density at radius 3 is 2.94 bits per heavy atom. The third kappa shape index (κ3) is 2.67. The summed E-state index contributed by atoms with van der Waals surface area (Å²) in [6.45, 7) is 4.10. The summed E-state index contributed by atoms with van der Waals surface area (Å²) in [6, 6.07) is 6.34. The number of benzene rings is 1. The minimum atomic E-state index is -0.947. The number of hydrogen-bond donors (Lipinski definition) is 1. The molecule has 4 aliphatic rings. The summed E-state index contributed by atoms with van der Waals surface area (Å²) < 4.78 is 5.49. The zero-order chi connectivity index (χ0) is 22.1. The molecule has 4 heteroatoms. The fourth-order valence-corrected chi connectivity index (χ4v) is 7.47. The summed E-state index contributed by atoms with van der Waals surface area (Å²) in [7, 11) is 0. The van der Waals surface area contributed by atoms with E-state index in [-0.39, 0.29) is 17.1 Å². The standard InChI is InChI=1S/C28H29NO3/c1-3-11-28(31)12-10-23-21-7-4-17-13-19(30)6-8-20(17)26(21)22(15-27(23,28)2)18-5-9-25-24(14-18)29-16-32-25/h5,9,13-14,16,21-23,31H,4,6-8,10,12,15H2,1-2H3/t21-,22+,23-,27-,28-/m0/s1. The first-order chi connectivity index (χ1) is 15.4. The molecule has 2 aromatic rings. The van der Waals surface area contributed by atoms with Gasteiger partial charge in [0.05, 0.1) is 0 Å². The number of ketones is 1. The molecule has 0 radical (unpaired) electrons. The first kappa shape index (κ1) is 20.0. The monoisotopic (exact) mass is 427 g/mol. The van der Waals surface area contributed by atoms with Crippen LogP contribution in [0.4, 0.5) is 0 Å². The highest BCUT2D eigenvalue weighted by Crippen LogP contribution is 2.66. The van der Waals surface area contributed by atoms with Crippen molar-refractivity contribution in [2.24, 2.45) is 17.3 Å². The van der Waals surface area contributed by atoms with E-state index < -0.39 is 5.60 Å². The average Bonchev–Trinajstić information content (AvgIpc) is 3.35. The molecule has 1 aromatic carbocycles. The van der Waals surface area contributed by atoms with E-state index in [0.717, 1.165) is 49.6 Å². The van der Waals surface area contributed by atoms with Crippen molar-refractivity contribution in [3.05, 3.63) is 53.0 Å². The SMILES string of the molecule is CC#C[C@]1(O)CC[C@H]2[C@@H]3CCC4=CC(=O)CCC4=C3[C@@H](c3ccc4ocnc4c3)C[C@@]21C. The Kier molecular flexibility index (Phi) is 4.33. The first-order valence-corrected chi connectivity index (χ1v) is 11.9. The van der Waals surface area contributed by atoms with Crippen LogP contribution in [0.15, 0.2) is 51.8 Å². The van der Waals surface area contributed by atoms with Gasteiger partial charge in [0, 0.05) is 17.8 Å². The number of aromatic nitrogens is 1. The normalized spacial score (nSPS) is 36.2. The minimum Gasteiger partial charge on any atom is -0.443 e. The molecule has 1 heterocycles. The van der Waals surface area contributed by atoms with Gasteiger partial charge in [0.2, 0.25) is 0 Å². The number of rotatable bonds is 1. The largest absolute Gasteiger partial charge is 0.443 e. The molecule has 4 nitrogen and oxygen atoms in total. The van der Waals surface area contributed by atoms with Gasteiger partial charge < -0.3 is 9.52 Å². The van der Waals surface area contributed by atoms with E-state index in [1.54, 1.807) is 0 Å². The Hall–Kier alpha value is -2.64. The van der Waals surface area contributed by atoms with Gasteiger partial charge in [0.1, 0.15) is 11.1 Å². The van der Waals surface area contributed by atoms with Crippen LogP contribution in [0, 0.1) is 29.1 Å². The molecule has 6 rings (SSSR count). The molecular weight excluding hydrogens is 398 g/mol. The molecule has 5 atom stereocenters. The molecule has 0 saturated heterocycles. The van der Waals surface area contributed by atoms with Crippen LogP contribution in [-0.2, 0) is 4.79 Å². The Labute approximate surface area is 188 Å². The topological polar surface area (TPSA) is 63.3 Å². The number of oxazole rings is 1. The van der Waals surface area contributed by atoms with E-state index in [9.17, 15) is 9.90 Å². The number of aliphatic hydroxyl groups is 1. The van der Waals surface area contributed by atoms with Crippen molar-refractivity contribution in [2.45, 2.75) is 70.3 Å². The predicted molar refractivity (Wildman–Crippen MR) is 123 cm³/mol. The maximum atomic E-state index is 12.2. The Bertz CT molecular complexity index is 1250. The quantitative estimate of drug-likeness (QED) is 0.612. The number of carbonyl (C=O) groups excluding carboxylic acids is 1. The van der Waals surface area contributed by atoms with E-state index in [4.69, 9.17) is 4.42 Å². The predicted octanol–water partition coefficient (Wildman–Crippen LogP) is 5.48. The van der Waals surface area contributed by atoms with E-state index >= 15 is 0 Å². The number of nitrogens with zero attached hydrogens (tertiary/aromatic N) is 1. The van der Waals surface area contributed by atoms with Crippen LogP contribution in [0.3, 0.4) is 0 Å². The zero-order valence-corrected chi connectivity index (χ0v) is 18.8. The van der Waals surface area contributed by atoms with Crippen molar-refractivity contribution < 1.29 is 14.3 Å². The fraction of sp³-hybridized carbons (Fsp3) is 0.500. The van der Waals surface area contributed by atoms with Gasteiger partial charge in [-0.15, -0.1) is 5.92 Å². The molecule has 164 valence electrons. The van der Waals surface area contributed by atoms with Crippen molar-refractivity contribution in [1.29, 1.82) is 0 Å². The van der Waals surface area contributed by atoms with E-state index in [2.05, 4.69) is 35.9 Å². The first-order valence-electron chi connectivity index (χ1n) is 11.9.